The first-order chi connectivity index (χ1) is 13.4. The van der Waals surface area contributed by atoms with E-state index in [1.807, 2.05) is 6.07 Å². The molecular formula is C20H23N3O4S. The van der Waals surface area contributed by atoms with E-state index in [-0.39, 0.29) is 23.4 Å². The molecule has 2 heterocycles. The Morgan fingerprint density at radius 2 is 1.89 bits per heavy atom. The average Bonchev–Trinajstić information content (AvgIpc) is 3.17. The summed E-state index contributed by atoms with van der Waals surface area (Å²) in [6.07, 6.45) is 5.38. The van der Waals surface area contributed by atoms with Gasteiger partial charge < -0.3 is 10.4 Å². The number of benzene rings is 1. The Balaban J connectivity index is 1.41. The second kappa shape index (κ2) is 7.52. The summed E-state index contributed by atoms with van der Waals surface area (Å²) in [4.78, 5) is 16.7. The van der Waals surface area contributed by atoms with Crippen LogP contribution in [0.5, 0.6) is 5.75 Å². The number of amides is 1. The van der Waals surface area contributed by atoms with Crippen LogP contribution in [-0.4, -0.2) is 41.8 Å². The van der Waals surface area contributed by atoms with E-state index in [4.69, 9.17) is 0 Å². The second-order valence-electron chi connectivity index (χ2n) is 7.32. The largest absolute Gasteiger partial charge is 0.504 e. The Labute approximate surface area is 164 Å². The molecule has 1 amide bonds. The number of piperidine rings is 1. The van der Waals surface area contributed by atoms with Gasteiger partial charge in [-0.05, 0) is 67.5 Å². The van der Waals surface area contributed by atoms with Gasteiger partial charge in [-0.1, -0.05) is 6.07 Å². The fourth-order valence-corrected chi connectivity index (χ4v) is 5.45. The van der Waals surface area contributed by atoms with E-state index < -0.39 is 10.0 Å². The van der Waals surface area contributed by atoms with Crippen molar-refractivity contribution in [3.05, 3.63) is 47.7 Å². The van der Waals surface area contributed by atoms with Crippen LogP contribution in [0.4, 0.5) is 5.82 Å². The maximum absolute atomic E-state index is 13.0. The van der Waals surface area contributed by atoms with E-state index in [9.17, 15) is 18.3 Å². The molecule has 2 N–H and O–H groups in total. The number of fused-ring (bicyclic) bond motifs is 1. The van der Waals surface area contributed by atoms with Gasteiger partial charge in [-0.25, -0.2) is 13.4 Å². The zero-order chi connectivity index (χ0) is 19.7. The lowest BCUT2D eigenvalue weighted by atomic mass is 9.97. The fourth-order valence-electron chi connectivity index (χ4n) is 3.93. The summed E-state index contributed by atoms with van der Waals surface area (Å²) in [6.45, 7) is 0.595. The molecule has 28 heavy (non-hydrogen) atoms. The van der Waals surface area contributed by atoms with E-state index >= 15 is 0 Å². The molecule has 2 aromatic rings. The highest BCUT2D eigenvalue weighted by Crippen LogP contribution is 2.29. The number of carbonyl (C=O) groups excluding carboxylic acids is 1. The second-order valence-corrected chi connectivity index (χ2v) is 9.26. The van der Waals surface area contributed by atoms with Crippen LogP contribution >= 0.6 is 0 Å². The molecule has 0 radical (unpaired) electrons. The molecule has 4 rings (SSSR count). The Kier molecular flexibility index (Phi) is 5.07. The summed E-state index contributed by atoms with van der Waals surface area (Å²) in [5.74, 6) is -0.523. The number of aromatic hydroxyl groups is 1. The van der Waals surface area contributed by atoms with E-state index in [2.05, 4.69) is 10.3 Å². The minimum absolute atomic E-state index is 0.0903. The smallest absolute Gasteiger partial charge is 0.243 e. The highest BCUT2D eigenvalue weighted by Gasteiger charge is 2.33. The lowest BCUT2D eigenvalue weighted by Gasteiger charge is -2.30. The maximum Gasteiger partial charge on any atom is 0.243 e. The van der Waals surface area contributed by atoms with E-state index in [1.165, 1.54) is 22.1 Å². The average molecular weight is 401 g/mol. The van der Waals surface area contributed by atoms with Crippen molar-refractivity contribution in [2.75, 3.05) is 18.4 Å². The summed E-state index contributed by atoms with van der Waals surface area (Å²) in [7, 11) is -3.55. The fraction of sp³-hybridized carbons (Fsp3) is 0.400. The van der Waals surface area contributed by atoms with Crippen molar-refractivity contribution in [3.63, 3.8) is 0 Å². The van der Waals surface area contributed by atoms with Gasteiger partial charge in [0, 0.05) is 25.2 Å². The molecule has 7 nitrogen and oxygen atoms in total. The molecule has 0 unspecified atom stereocenters. The molecule has 148 valence electrons. The molecule has 1 aromatic carbocycles. The van der Waals surface area contributed by atoms with Crippen molar-refractivity contribution < 1.29 is 18.3 Å². The summed E-state index contributed by atoms with van der Waals surface area (Å²) in [6, 6.07) is 8.46. The summed E-state index contributed by atoms with van der Waals surface area (Å²) < 4.78 is 27.4. The van der Waals surface area contributed by atoms with Gasteiger partial charge in [0.15, 0.2) is 11.6 Å². The highest BCUT2D eigenvalue weighted by molar-refractivity contribution is 7.89. The van der Waals surface area contributed by atoms with Crippen molar-refractivity contribution in [2.24, 2.45) is 5.92 Å². The minimum atomic E-state index is -3.55. The van der Waals surface area contributed by atoms with Crippen LogP contribution in [0.15, 0.2) is 41.4 Å². The monoisotopic (exact) mass is 401 g/mol. The number of rotatable bonds is 4. The quantitative estimate of drug-likeness (QED) is 0.819. The normalized spacial score (nSPS) is 18.0. The van der Waals surface area contributed by atoms with Gasteiger partial charge in [0.1, 0.15) is 0 Å². The van der Waals surface area contributed by atoms with Gasteiger partial charge >= 0.3 is 0 Å². The first-order valence-corrected chi connectivity index (χ1v) is 11.0. The molecule has 8 heteroatoms. The Morgan fingerprint density at radius 3 is 2.64 bits per heavy atom. The Morgan fingerprint density at radius 1 is 1.14 bits per heavy atom. The van der Waals surface area contributed by atoms with Crippen LogP contribution in [0, 0.1) is 5.92 Å². The van der Waals surface area contributed by atoms with E-state index in [0.29, 0.717) is 30.8 Å². The van der Waals surface area contributed by atoms with Crippen LogP contribution in [0.1, 0.15) is 30.4 Å². The standard InChI is InChI=1S/C20H23N3O4S/c24-18-5-2-10-21-19(18)22-20(25)15-8-11-23(12-9-15)28(26,27)17-7-6-14-3-1-4-16(14)13-17/h2,5-7,10,13,15,24H,1,3-4,8-9,11-12H2,(H,21,22,25). The number of hydrogen-bond donors (Lipinski definition) is 2. The van der Waals surface area contributed by atoms with Gasteiger partial charge in [-0.2, -0.15) is 4.31 Å². The third-order valence-electron chi connectivity index (χ3n) is 5.56. The number of hydrogen-bond acceptors (Lipinski definition) is 5. The first-order valence-electron chi connectivity index (χ1n) is 9.52. The number of pyridine rings is 1. The van der Waals surface area contributed by atoms with Crippen LogP contribution in [0.2, 0.25) is 0 Å². The lowest BCUT2D eigenvalue weighted by molar-refractivity contribution is -0.120. The molecule has 1 fully saturated rings. The minimum Gasteiger partial charge on any atom is -0.504 e. The number of anilines is 1. The molecule has 0 spiro atoms. The third-order valence-corrected chi connectivity index (χ3v) is 7.46. The number of nitrogens with zero attached hydrogens (tertiary/aromatic N) is 2. The van der Waals surface area contributed by atoms with Crippen molar-refractivity contribution in [2.45, 2.75) is 37.0 Å². The molecule has 0 atom stereocenters. The van der Waals surface area contributed by atoms with Crippen LogP contribution in [0.3, 0.4) is 0 Å². The molecule has 1 saturated heterocycles. The van der Waals surface area contributed by atoms with Gasteiger partial charge in [-0.15, -0.1) is 0 Å². The van der Waals surface area contributed by atoms with Crippen LogP contribution in [0.25, 0.3) is 0 Å². The number of nitrogens with one attached hydrogen (secondary N) is 1. The summed E-state index contributed by atoms with van der Waals surface area (Å²) in [5.41, 5.74) is 2.37. The molecule has 1 aliphatic heterocycles. The van der Waals surface area contributed by atoms with Gasteiger partial charge in [0.2, 0.25) is 15.9 Å². The SMILES string of the molecule is O=C(Nc1ncccc1O)C1CCN(S(=O)(=O)c2ccc3c(c2)CCC3)CC1. The zero-order valence-electron chi connectivity index (χ0n) is 15.5. The van der Waals surface area contributed by atoms with Crippen LogP contribution in [-0.2, 0) is 27.7 Å². The van der Waals surface area contributed by atoms with E-state index in [0.717, 1.165) is 24.8 Å². The zero-order valence-corrected chi connectivity index (χ0v) is 16.3. The molecule has 2 aliphatic rings. The highest BCUT2D eigenvalue weighted by atomic mass is 32.2. The Hall–Kier alpha value is -2.45. The van der Waals surface area contributed by atoms with Crippen LogP contribution < -0.4 is 5.32 Å². The summed E-state index contributed by atoms with van der Waals surface area (Å²) in [5, 5.41) is 12.4. The predicted molar refractivity (Wildman–Crippen MR) is 104 cm³/mol. The lowest BCUT2D eigenvalue weighted by Crippen LogP contribution is -2.41. The molecule has 0 saturated carbocycles. The van der Waals surface area contributed by atoms with Gasteiger partial charge in [0.05, 0.1) is 4.90 Å². The molecule has 1 aliphatic carbocycles. The number of carbonyl (C=O) groups is 1. The van der Waals surface area contributed by atoms with Crippen molar-refractivity contribution in [1.29, 1.82) is 0 Å². The Bertz CT molecular complexity index is 998. The maximum atomic E-state index is 13.0. The topological polar surface area (TPSA) is 99.6 Å². The number of sulfonamides is 1. The molecule has 1 aromatic heterocycles. The molecule has 0 bridgehead atoms. The van der Waals surface area contributed by atoms with Crippen molar-refractivity contribution >= 4 is 21.7 Å². The van der Waals surface area contributed by atoms with Crippen molar-refractivity contribution in [3.8, 4) is 5.75 Å². The summed E-state index contributed by atoms with van der Waals surface area (Å²) >= 11 is 0. The molecular weight excluding hydrogens is 378 g/mol. The first kappa shape index (κ1) is 18.9. The number of aryl methyl sites for hydroxylation is 2. The van der Waals surface area contributed by atoms with Crippen molar-refractivity contribution in [1.82, 2.24) is 9.29 Å². The predicted octanol–water partition coefficient (Wildman–Crippen LogP) is 2.32. The van der Waals surface area contributed by atoms with Gasteiger partial charge in [0.25, 0.3) is 0 Å². The number of aromatic nitrogens is 1. The van der Waals surface area contributed by atoms with E-state index in [1.54, 1.807) is 18.2 Å². The van der Waals surface area contributed by atoms with Gasteiger partial charge in [-0.3, -0.25) is 4.79 Å². The third kappa shape index (κ3) is 3.62.